The fourth-order valence-corrected chi connectivity index (χ4v) is 4.51. The topological polar surface area (TPSA) is 48.1 Å². The number of rotatable bonds is 5. The van der Waals surface area contributed by atoms with Gasteiger partial charge in [-0.2, -0.15) is 0 Å². The molecule has 26 heavy (non-hydrogen) atoms. The van der Waals surface area contributed by atoms with Crippen LogP contribution in [-0.4, -0.2) is 16.0 Å². The minimum absolute atomic E-state index is 0.117. The van der Waals surface area contributed by atoms with E-state index in [1.54, 1.807) is 11.3 Å². The summed E-state index contributed by atoms with van der Waals surface area (Å²) < 4.78 is 2.15. The summed E-state index contributed by atoms with van der Waals surface area (Å²) in [5.74, 6) is -0.272. The molecule has 0 aliphatic carbocycles. The van der Waals surface area contributed by atoms with Gasteiger partial charge < -0.3 is 4.57 Å². The predicted octanol–water partition coefficient (Wildman–Crippen LogP) is 5.32. The maximum atomic E-state index is 11.5. The molecule has 130 valence electrons. The van der Waals surface area contributed by atoms with Crippen molar-refractivity contribution >= 4 is 22.2 Å². The third-order valence-electron chi connectivity index (χ3n) is 4.76. The van der Waals surface area contributed by atoms with Crippen LogP contribution in [0, 0.1) is 10.1 Å². The Kier molecular flexibility index (Phi) is 4.31. The van der Waals surface area contributed by atoms with Gasteiger partial charge in [-0.15, -0.1) is 11.3 Å². The zero-order chi connectivity index (χ0) is 18.1. The van der Waals surface area contributed by atoms with E-state index in [-0.39, 0.29) is 17.4 Å². The van der Waals surface area contributed by atoms with Crippen molar-refractivity contribution in [1.29, 1.82) is 0 Å². The van der Waals surface area contributed by atoms with Gasteiger partial charge in [0.25, 0.3) is 0 Å². The van der Waals surface area contributed by atoms with Crippen molar-refractivity contribution < 1.29 is 4.92 Å². The quantitative estimate of drug-likeness (QED) is 0.356. The summed E-state index contributed by atoms with van der Waals surface area (Å²) in [6.07, 6.45) is 0. The van der Waals surface area contributed by atoms with Crippen molar-refractivity contribution in [1.82, 2.24) is 4.57 Å². The molecule has 0 spiro atoms. The molecule has 0 radical (unpaired) electrons. The van der Waals surface area contributed by atoms with E-state index >= 15 is 0 Å². The molecule has 0 amide bonds. The fraction of sp³-hybridized carbons (Fsp3) is 0.143. The highest BCUT2D eigenvalue weighted by atomic mass is 32.1. The molecular weight excluding hydrogens is 344 g/mol. The third-order valence-corrected chi connectivity index (χ3v) is 5.75. The summed E-state index contributed by atoms with van der Waals surface area (Å²) in [5.41, 5.74) is 4.25. The van der Waals surface area contributed by atoms with Crippen LogP contribution in [0.4, 0.5) is 0 Å². The van der Waals surface area contributed by atoms with Gasteiger partial charge in [-0.3, -0.25) is 10.1 Å². The van der Waals surface area contributed by atoms with Crippen molar-refractivity contribution in [2.24, 2.45) is 7.05 Å². The summed E-state index contributed by atoms with van der Waals surface area (Å²) in [6, 6.07) is 22.2. The molecular formula is C21H18N2O2S. The Labute approximate surface area is 155 Å². The summed E-state index contributed by atoms with van der Waals surface area (Å²) in [6.45, 7) is -0.117. The molecule has 0 aliphatic rings. The Morgan fingerprint density at radius 3 is 2.46 bits per heavy atom. The first-order valence-electron chi connectivity index (χ1n) is 8.44. The van der Waals surface area contributed by atoms with Crippen LogP contribution in [-0.2, 0) is 7.05 Å². The number of aryl methyl sites for hydroxylation is 1. The molecule has 0 saturated heterocycles. The number of aromatic nitrogens is 1. The predicted molar refractivity (Wildman–Crippen MR) is 106 cm³/mol. The van der Waals surface area contributed by atoms with Crippen LogP contribution >= 0.6 is 11.3 Å². The highest BCUT2D eigenvalue weighted by Crippen LogP contribution is 2.41. The molecule has 0 saturated carbocycles. The smallest absolute Gasteiger partial charge is 0.215 e. The number of para-hydroxylation sites is 1. The molecule has 0 bridgehead atoms. The number of thiophene rings is 1. The van der Waals surface area contributed by atoms with Crippen LogP contribution in [0.3, 0.4) is 0 Å². The van der Waals surface area contributed by atoms with E-state index in [4.69, 9.17) is 0 Å². The average molecular weight is 362 g/mol. The normalized spacial score (nSPS) is 12.3. The lowest BCUT2D eigenvalue weighted by atomic mass is 9.92. The number of hydrogen-bond donors (Lipinski definition) is 0. The van der Waals surface area contributed by atoms with E-state index in [1.165, 1.54) is 0 Å². The van der Waals surface area contributed by atoms with E-state index in [9.17, 15) is 10.1 Å². The fourth-order valence-electron chi connectivity index (χ4n) is 3.68. The first-order valence-corrected chi connectivity index (χ1v) is 9.32. The van der Waals surface area contributed by atoms with Crippen LogP contribution < -0.4 is 0 Å². The second-order valence-corrected chi connectivity index (χ2v) is 7.27. The maximum absolute atomic E-state index is 11.5. The second kappa shape index (κ2) is 6.77. The Morgan fingerprint density at radius 2 is 1.77 bits per heavy atom. The molecule has 0 aliphatic heterocycles. The van der Waals surface area contributed by atoms with Gasteiger partial charge in [-0.25, -0.2) is 0 Å². The number of fused-ring (bicyclic) bond motifs is 1. The van der Waals surface area contributed by atoms with Crippen LogP contribution in [0.1, 0.15) is 16.4 Å². The molecule has 4 aromatic rings. The molecule has 2 aromatic carbocycles. The standard InChI is InChI=1S/C21H18N2O2S/c1-22-18-11-6-5-10-16(18)20(21(22)15-8-3-2-4-9-15)17(14-23(24)25)19-12-7-13-26-19/h2-13,17H,14H2,1H3. The summed E-state index contributed by atoms with van der Waals surface area (Å²) in [7, 11) is 2.03. The highest BCUT2D eigenvalue weighted by Gasteiger charge is 2.29. The van der Waals surface area contributed by atoms with E-state index in [0.717, 1.165) is 32.6 Å². The SMILES string of the molecule is Cn1c(-c2ccccc2)c(C(C[N+](=O)[O-])c2cccs2)c2ccccc21. The average Bonchev–Trinajstić information content (AvgIpc) is 3.28. The zero-order valence-corrected chi connectivity index (χ0v) is 15.1. The van der Waals surface area contributed by atoms with E-state index in [0.29, 0.717) is 0 Å². The number of benzene rings is 2. The molecule has 5 heteroatoms. The lowest BCUT2D eigenvalue weighted by Crippen LogP contribution is -2.14. The number of nitrogens with zero attached hydrogens (tertiary/aromatic N) is 2. The van der Waals surface area contributed by atoms with Gasteiger partial charge in [-0.1, -0.05) is 54.6 Å². The Bertz CT molecular complexity index is 1050. The Morgan fingerprint density at radius 1 is 1.04 bits per heavy atom. The van der Waals surface area contributed by atoms with Crippen LogP contribution in [0.25, 0.3) is 22.2 Å². The summed E-state index contributed by atoms with van der Waals surface area (Å²) in [4.78, 5) is 12.3. The molecule has 1 atom stereocenters. The molecule has 4 rings (SSSR count). The van der Waals surface area contributed by atoms with Gasteiger partial charge in [0.1, 0.15) is 0 Å². The van der Waals surface area contributed by atoms with Crippen molar-refractivity contribution in [3.05, 3.63) is 92.7 Å². The molecule has 0 fully saturated rings. The van der Waals surface area contributed by atoms with Crippen LogP contribution in [0.2, 0.25) is 0 Å². The number of nitro groups is 1. The molecule has 4 nitrogen and oxygen atoms in total. The van der Waals surface area contributed by atoms with Crippen molar-refractivity contribution in [3.63, 3.8) is 0 Å². The molecule has 0 N–H and O–H groups in total. The van der Waals surface area contributed by atoms with Crippen LogP contribution in [0.5, 0.6) is 0 Å². The van der Waals surface area contributed by atoms with Crippen molar-refractivity contribution in [2.75, 3.05) is 6.54 Å². The summed E-state index contributed by atoms with van der Waals surface area (Å²) in [5, 5.41) is 14.5. The molecule has 2 heterocycles. The maximum Gasteiger partial charge on any atom is 0.215 e. The minimum Gasteiger partial charge on any atom is -0.343 e. The van der Waals surface area contributed by atoms with Gasteiger partial charge in [-0.05, 0) is 23.1 Å². The first kappa shape index (κ1) is 16.5. The largest absolute Gasteiger partial charge is 0.343 e. The van der Waals surface area contributed by atoms with Gasteiger partial charge in [0.15, 0.2) is 0 Å². The lowest BCUT2D eigenvalue weighted by molar-refractivity contribution is -0.481. The molecule has 2 aromatic heterocycles. The van der Waals surface area contributed by atoms with Crippen molar-refractivity contribution in [3.8, 4) is 11.3 Å². The first-order chi connectivity index (χ1) is 12.7. The second-order valence-electron chi connectivity index (χ2n) is 6.29. The van der Waals surface area contributed by atoms with Gasteiger partial charge in [0, 0.05) is 33.3 Å². The van der Waals surface area contributed by atoms with Gasteiger partial charge in [0.2, 0.25) is 6.54 Å². The van der Waals surface area contributed by atoms with E-state index in [2.05, 4.69) is 28.8 Å². The Hall–Kier alpha value is -2.92. The third kappa shape index (κ3) is 2.80. The summed E-state index contributed by atoms with van der Waals surface area (Å²) >= 11 is 1.58. The molecule has 1 unspecified atom stereocenters. The minimum atomic E-state index is -0.272. The van der Waals surface area contributed by atoms with E-state index < -0.39 is 0 Å². The van der Waals surface area contributed by atoms with Crippen LogP contribution in [0.15, 0.2) is 72.1 Å². The number of hydrogen-bond acceptors (Lipinski definition) is 3. The Balaban J connectivity index is 2.05. The van der Waals surface area contributed by atoms with Crippen molar-refractivity contribution in [2.45, 2.75) is 5.92 Å². The lowest BCUT2D eigenvalue weighted by Gasteiger charge is -2.15. The highest BCUT2D eigenvalue weighted by molar-refractivity contribution is 7.10. The monoisotopic (exact) mass is 362 g/mol. The van der Waals surface area contributed by atoms with Gasteiger partial charge in [0.05, 0.1) is 11.6 Å². The zero-order valence-electron chi connectivity index (χ0n) is 14.3. The van der Waals surface area contributed by atoms with E-state index in [1.807, 2.05) is 54.9 Å². The van der Waals surface area contributed by atoms with Gasteiger partial charge >= 0.3 is 0 Å².